The van der Waals surface area contributed by atoms with Gasteiger partial charge in [-0.3, -0.25) is 43.4 Å². The summed E-state index contributed by atoms with van der Waals surface area (Å²) in [5.74, 6) is -14.4. The molecule has 7 amide bonds. The van der Waals surface area contributed by atoms with Crippen molar-refractivity contribution in [3.63, 3.8) is 0 Å². The predicted molar refractivity (Wildman–Crippen MR) is 370 cm³/mol. The van der Waals surface area contributed by atoms with Crippen molar-refractivity contribution >= 4 is 52.7 Å². The first kappa shape index (κ1) is 72.7. The normalized spacial score (nSPS) is 28.1. The lowest BCUT2D eigenvalue weighted by Crippen LogP contribution is -2.67. The number of ether oxygens (including phenoxy) is 1. The molecule has 4 bridgehead atoms. The molecule has 0 spiro atoms. The van der Waals surface area contributed by atoms with Gasteiger partial charge in [-0.25, -0.2) is 4.90 Å². The summed E-state index contributed by atoms with van der Waals surface area (Å²) in [7, 11) is 0. The lowest BCUT2D eigenvalue weighted by Gasteiger charge is -2.58. The van der Waals surface area contributed by atoms with E-state index in [0.29, 0.717) is 111 Å². The Morgan fingerprint density at radius 1 is 0.535 bits per heavy atom. The molecule has 16 atom stereocenters. The zero-order chi connectivity index (χ0) is 73.0. The molecular weight excluding hydrogens is 1300 g/mol. The molecule has 2 saturated carbocycles. The molecule has 6 aliphatic carbocycles. The predicted octanol–water partition coefficient (Wildman–Crippen LogP) is 16.5. The number of rotatable bonds is 27. The maximum absolute atomic E-state index is 16.1. The van der Waals surface area contributed by atoms with Gasteiger partial charge in [0.15, 0.2) is 0 Å². The number of nitrogens with zero attached hydrogens (tertiary/aromatic N) is 4. The molecule has 4 saturated heterocycles. The molecule has 14 nitrogen and oxygen atoms in total. The summed E-state index contributed by atoms with van der Waals surface area (Å²) in [5, 5.41) is 22.6. The Balaban J connectivity index is 0.821. The topological polar surface area (TPSA) is 182 Å². The van der Waals surface area contributed by atoms with E-state index >= 15 is 45.5 Å². The number of carbonyl (C=O) groups excluding carboxylic acids is 7. The number of benzene rings is 4. The van der Waals surface area contributed by atoms with Gasteiger partial charge in [0.1, 0.15) is 23.0 Å². The number of phenolic OH excluding ortho intramolecular Hbond substituents is 2. The van der Waals surface area contributed by atoms with Gasteiger partial charge in [-0.1, -0.05) is 155 Å². The van der Waals surface area contributed by atoms with Crippen LogP contribution in [0.25, 0.3) is 0 Å². The first-order chi connectivity index (χ1) is 48.0. The van der Waals surface area contributed by atoms with E-state index in [2.05, 4.69) is 26.5 Å². The zero-order valence-corrected chi connectivity index (χ0v) is 59.1. The van der Waals surface area contributed by atoms with E-state index in [4.69, 9.17) is 4.74 Å². The monoisotopic (exact) mass is 1400 g/mol. The van der Waals surface area contributed by atoms with E-state index in [1.807, 2.05) is 57.7 Å². The summed E-state index contributed by atoms with van der Waals surface area (Å²) in [5.41, 5.74) is -10.7. The van der Waals surface area contributed by atoms with E-state index in [1.54, 1.807) is 68.5 Å². The first-order valence-electron chi connectivity index (χ1n) is 36.6. The van der Waals surface area contributed by atoms with E-state index in [9.17, 15) is 24.6 Å². The third-order valence-electron chi connectivity index (χ3n) is 25.5. The van der Waals surface area contributed by atoms with Crippen LogP contribution >= 0.6 is 0 Å². The van der Waals surface area contributed by atoms with Crippen LogP contribution in [0.15, 0.2) is 122 Å². The molecule has 14 rings (SSSR count). The standard InChI is InChI=1S/C81H94F6N4O10/c1-11-17-21-22-46(9)88-44-57-53-33-34-54(62(57)69(88)94)64-63(53)70(95)89(71(64)96)50-27-31-52(32-28-50)101-51-29-23-47(24-30-51)77(16-6,40-19-13-3)78(45(7)8,41-20-14-4)91-74(99)67-55-35-36-56(68(67)75(91)100)66-65(55)72(97)90(73(66)98)59-43-49(26-38-61(59)93)79(80(82,83)84,81(85,86)87)48-25-37-60(92)58(42-48)76(10,15-5)39-18-12-2/h13,23-38,42-43,45-46,53-57,62-68,92-93H,3,11-12,14-22,39-41,44H2,1-2,4-10H3. The van der Waals surface area contributed by atoms with Crippen molar-refractivity contribution in [3.8, 4) is 23.0 Å². The van der Waals surface area contributed by atoms with Crippen LogP contribution in [0.2, 0.25) is 0 Å². The van der Waals surface area contributed by atoms with Gasteiger partial charge in [-0.2, -0.15) is 26.3 Å². The molecule has 20 heteroatoms. The Morgan fingerprint density at radius 2 is 1.01 bits per heavy atom. The third-order valence-corrected chi connectivity index (χ3v) is 25.5. The number of amides is 7. The van der Waals surface area contributed by atoms with Crippen molar-refractivity contribution in [1.29, 1.82) is 0 Å². The second kappa shape index (κ2) is 27.0. The fraction of sp³-hybridized carbons (Fsp3) is 0.543. The summed E-state index contributed by atoms with van der Waals surface area (Å²) in [4.78, 5) is 111. The van der Waals surface area contributed by atoms with Crippen molar-refractivity contribution in [1.82, 2.24) is 9.80 Å². The number of carbonyl (C=O) groups is 7. The van der Waals surface area contributed by atoms with Crippen LogP contribution in [0.1, 0.15) is 174 Å². The molecule has 6 fully saturated rings. The van der Waals surface area contributed by atoms with Gasteiger partial charge < -0.3 is 19.8 Å². The van der Waals surface area contributed by atoms with Crippen LogP contribution in [-0.4, -0.2) is 91.8 Å². The summed E-state index contributed by atoms with van der Waals surface area (Å²) in [6.07, 6.45) is 5.64. The Kier molecular flexibility index (Phi) is 19.4. The summed E-state index contributed by atoms with van der Waals surface area (Å²) in [6.45, 7) is 22.1. The van der Waals surface area contributed by atoms with Crippen molar-refractivity contribution < 1.29 is 74.9 Å². The average molecular weight is 1400 g/mol. The lowest BCUT2D eigenvalue weighted by molar-refractivity contribution is -0.288. The van der Waals surface area contributed by atoms with E-state index in [-0.39, 0.29) is 59.4 Å². The quantitative estimate of drug-likeness (QED) is 0.0252. The molecule has 540 valence electrons. The van der Waals surface area contributed by atoms with Crippen molar-refractivity contribution in [3.05, 3.63) is 144 Å². The number of imide groups is 3. The summed E-state index contributed by atoms with van der Waals surface area (Å²) in [6, 6.07) is 17.8. The lowest BCUT2D eigenvalue weighted by atomic mass is 9.54. The van der Waals surface area contributed by atoms with Crippen molar-refractivity contribution in [2.75, 3.05) is 16.3 Å². The number of halogens is 6. The highest BCUT2D eigenvalue weighted by Gasteiger charge is 2.75. The molecule has 16 unspecified atom stereocenters. The number of anilines is 2. The fourth-order valence-electron chi connectivity index (χ4n) is 20.4. The number of hydrogen-bond donors (Lipinski definition) is 2. The minimum Gasteiger partial charge on any atom is -0.508 e. The maximum Gasteiger partial charge on any atom is 0.411 e. The maximum atomic E-state index is 16.1. The van der Waals surface area contributed by atoms with Crippen LogP contribution in [0.3, 0.4) is 0 Å². The highest BCUT2D eigenvalue weighted by Crippen LogP contribution is 2.65. The smallest absolute Gasteiger partial charge is 0.411 e. The molecular formula is C81H94F6N4O10. The highest BCUT2D eigenvalue weighted by atomic mass is 19.4. The summed E-state index contributed by atoms with van der Waals surface area (Å²) >= 11 is 0. The Labute approximate surface area is 587 Å². The van der Waals surface area contributed by atoms with Gasteiger partial charge in [0, 0.05) is 41.3 Å². The number of alkyl halides is 6. The molecule has 10 aliphatic rings. The van der Waals surface area contributed by atoms with Crippen LogP contribution < -0.4 is 14.5 Å². The second-order valence-electron chi connectivity index (χ2n) is 30.6. The van der Waals surface area contributed by atoms with Crippen LogP contribution in [0, 0.1) is 76.9 Å². The van der Waals surface area contributed by atoms with Crippen LogP contribution in [0.4, 0.5) is 37.7 Å². The molecule has 101 heavy (non-hydrogen) atoms. The van der Waals surface area contributed by atoms with Gasteiger partial charge in [-0.05, 0) is 152 Å². The molecule has 0 radical (unpaired) electrons. The van der Waals surface area contributed by atoms with Crippen LogP contribution in [0.5, 0.6) is 23.0 Å². The number of likely N-dealkylation sites (tertiary alicyclic amines) is 2. The zero-order valence-electron chi connectivity index (χ0n) is 59.1. The van der Waals surface area contributed by atoms with Crippen molar-refractivity contribution in [2.24, 2.45) is 76.9 Å². The Hall–Kier alpha value is -8.03. The van der Waals surface area contributed by atoms with Gasteiger partial charge in [0.2, 0.25) is 46.8 Å². The van der Waals surface area contributed by atoms with Gasteiger partial charge in [0.25, 0.3) is 0 Å². The number of phenols is 2. The average Bonchev–Trinajstić information content (AvgIpc) is 1.58. The van der Waals surface area contributed by atoms with Crippen LogP contribution in [-0.2, 0) is 49.8 Å². The van der Waals surface area contributed by atoms with E-state index < -0.39 is 139 Å². The first-order valence-corrected chi connectivity index (χ1v) is 36.6. The molecule has 4 aromatic rings. The van der Waals surface area contributed by atoms with Gasteiger partial charge in [0.05, 0.1) is 58.3 Å². The molecule has 4 heterocycles. The molecule has 4 aliphatic heterocycles. The van der Waals surface area contributed by atoms with Gasteiger partial charge >= 0.3 is 12.4 Å². The second-order valence-corrected chi connectivity index (χ2v) is 30.6. The molecule has 0 aromatic heterocycles. The number of aromatic hydroxyl groups is 2. The fourth-order valence-corrected chi connectivity index (χ4v) is 20.4. The Morgan fingerprint density at radius 3 is 1.52 bits per heavy atom. The third kappa shape index (κ3) is 10.9. The largest absolute Gasteiger partial charge is 0.508 e. The number of hydrogen-bond acceptors (Lipinski definition) is 10. The van der Waals surface area contributed by atoms with Crippen molar-refractivity contribution in [2.45, 2.75) is 192 Å². The summed E-state index contributed by atoms with van der Waals surface area (Å²) < 4.78 is 103. The number of unbranched alkanes of at least 4 members (excludes halogenated alkanes) is 4. The van der Waals surface area contributed by atoms with Gasteiger partial charge in [-0.15, -0.1) is 6.58 Å². The minimum absolute atomic E-state index is 0.0406. The molecule has 2 N–H and O–H groups in total. The SMILES string of the molecule is C=CCCC(CC)(c1ccc(Oc2ccc(N3C(=O)C4C5C=CC(C6C(=O)N(C(C)CCCCC)CC56)C4C3=O)cc2)cc1)C(CCCC)(C(C)C)N1C(=O)C2C3C=CC(C4C(=O)N(c5cc(C(c6ccc(O)c(C(C)(CC)CCCC)c6)(C(F)(F)F)C(F)(F)F)ccc5O)C(=O)C34)C2C1=O. The van der Waals surface area contributed by atoms with E-state index in [0.717, 1.165) is 43.4 Å². The van der Waals surface area contributed by atoms with E-state index in [1.165, 1.54) is 9.80 Å². The highest BCUT2D eigenvalue weighted by molar-refractivity contribution is 6.25. The number of allylic oxidation sites excluding steroid dienone is 5. The minimum atomic E-state index is -6.14. The molecule has 4 aromatic carbocycles. The Bertz CT molecular complexity index is 3930.